The summed E-state index contributed by atoms with van der Waals surface area (Å²) < 4.78 is 35.5. The molecule has 0 heterocycles. The van der Waals surface area contributed by atoms with Gasteiger partial charge >= 0.3 is 0 Å². The Kier molecular flexibility index (Phi) is 10.6. The summed E-state index contributed by atoms with van der Waals surface area (Å²) in [6.45, 7) is 3.04. The maximum Gasteiger partial charge on any atom is 0.264 e. The van der Waals surface area contributed by atoms with Crippen LogP contribution in [0.2, 0.25) is 5.02 Å². The quantitative estimate of drug-likeness (QED) is 0.265. The second-order valence-electron chi connectivity index (χ2n) is 10.5. The Morgan fingerprint density at radius 3 is 2.40 bits per heavy atom. The number of halogens is 2. The summed E-state index contributed by atoms with van der Waals surface area (Å²) in [4.78, 5) is 29.0. The fourth-order valence-electron chi connectivity index (χ4n) is 5.02. The molecule has 1 saturated carbocycles. The summed E-state index contributed by atoms with van der Waals surface area (Å²) in [5.41, 5.74) is 1.79. The minimum atomic E-state index is -4.25. The van der Waals surface area contributed by atoms with E-state index in [0.717, 1.165) is 45.6 Å². The van der Waals surface area contributed by atoms with Gasteiger partial charge in [-0.1, -0.05) is 70.2 Å². The van der Waals surface area contributed by atoms with E-state index in [1.165, 1.54) is 30.2 Å². The summed E-state index contributed by atoms with van der Waals surface area (Å²) in [7, 11) is -2.84. The SMILES string of the molecule is COc1ccc(Cl)cc1N(CC(=O)N(Cc1cccc(Br)c1)[C@H](C)C(=O)NC1CCCC1)S(=O)(=O)c1ccc(C)cc1. The molecule has 0 saturated heterocycles. The summed E-state index contributed by atoms with van der Waals surface area (Å²) in [5.74, 6) is -0.603. The standard InChI is InChI=1S/C31H35BrClN3O5S/c1-21-11-14-27(15-12-21)42(39,40)36(28-18-25(33)13-16-29(28)41-3)20-30(37)35(19-23-7-6-8-24(32)17-23)22(2)31(38)34-26-9-4-5-10-26/h6-8,11-18,22,26H,4-5,9-10,19-20H2,1-3H3,(H,34,38)/t22-/m1/s1. The van der Waals surface area contributed by atoms with Crippen molar-refractivity contribution < 1.29 is 22.7 Å². The van der Waals surface area contributed by atoms with Crippen LogP contribution in [0.25, 0.3) is 0 Å². The molecule has 3 aromatic carbocycles. The second kappa shape index (κ2) is 13.9. The molecule has 1 aliphatic rings. The van der Waals surface area contributed by atoms with E-state index in [0.29, 0.717) is 0 Å². The summed E-state index contributed by atoms with van der Waals surface area (Å²) in [5, 5.41) is 3.35. The highest BCUT2D eigenvalue weighted by Crippen LogP contribution is 2.35. The highest BCUT2D eigenvalue weighted by Gasteiger charge is 2.34. The molecule has 11 heteroatoms. The van der Waals surface area contributed by atoms with Gasteiger partial charge in [0.15, 0.2) is 0 Å². The molecular weight excluding hydrogens is 642 g/mol. The maximum absolute atomic E-state index is 14.2. The predicted octanol–water partition coefficient (Wildman–Crippen LogP) is 6.09. The van der Waals surface area contributed by atoms with Gasteiger partial charge in [0, 0.05) is 22.1 Å². The van der Waals surface area contributed by atoms with Gasteiger partial charge in [-0.15, -0.1) is 0 Å². The van der Waals surface area contributed by atoms with Crippen LogP contribution >= 0.6 is 27.5 Å². The molecule has 1 fully saturated rings. The molecule has 42 heavy (non-hydrogen) atoms. The number of hydrogen-bond acceptors (Lipinski definition) is 5. The maximum atomic E-state index is 14.2. The molecule has 2 amide bonds. The fraction of sp³-hybridized carbons (Fsp3) is 0.355. The van der Waals surface area contributed by atoms with E-state index in [4.69, 9.17) is 16.3 Å². The predicted molar refractivity (Wildman–Crippen MR) is 168 cm³/mol. The van der Waals surface area contributed by atoms with Crippen molar-refractivity contribution in [3.63, 3.8) is 0 Å². The topological polar surface area (TPSA) is 96.0 Å². The lowest BCUT2D eigenvalue weighted by Gasteiger charge is -2.33. The number of aryl methyl sites for hydroxylation is 1. The summed E-state index contributed by atoms with van der Waals surface area (Å²) >= 11 is 9.77. The Morgan fingerprint density at radius 2 is 1.76 bits per heavy atom. The van der Waals surface area contributed by atoms with E-state index in [-0.39, 0.29) is 39.8 Å². The number of rotatable bonds is 11. The van der Waals surface area contributed by atoms with E-state index in [9.17, 15) is 18.0 Å². The first-order valence-corrected chi connectivity index (χ1v) is 16.4. The third kappa shape index (κ3) is 7.65. The number of ether oxygens (including phenoxy) is 1. The number of amides is 2. The van der Waals surface area contributed by atoms with Crippen LogP contribution in [0.3, 0.4) is 0 Å². The molecular formula is C31H35BrClN3O5S. The van der Waals surface area contributed by atoms with Gasteiger partial charge in [-0.2, -0.15) is 0 Å². The molecule has 8 nitrogen and oxygen atoms in total. The van der Waals surface area contributed by atoms with Gasteiger partial charge in [-0.3, -0.25) is 13.9 Å². The molecule has 0 radical (unpaired) electrons. The smallest absolute Gasteiger partial charge is 0.264 e. The highest BCUT2D eigenvalue weighted by molar-refractivity contribution is 9.10. The third-order valence-electron chi connectivity index (χ3n) is 7.41. The van der Waals surface area contributed by atoms with E-state index in [2.05, 4.69) is 21.2 Å². The Morgan fingerprint density at radius 1 is 1.07 bits per heavy atom. The van der Waals surface area contributed by atoms with E-state index >= 15 is 0 Å². The van der Waals surface area contributed by atoms with Crippen LogP contribution < -0.4 is 14.4 Å². The number of anilines is 1. The molecule has 3 aromatic rings. The lowest BCUT2D eigenvalue weighted by Crippen LogP contribution is -2.52. The molecule has 0 unspecified atom stereocenters. The van der Waals surface area contributed by atoms with Crippen LogP contribution in [0.15, 0.2) is 76.1 Å². The van der Waals surface area contributed by atoms with Gasteiger partial charge in [-0.25, -0.2) is 8.42 Å². The Balaban J connectivity index is 1.74. The fourth-order valence-corrected chi connectivity index (χ4v) is 7.04. The largest absolute Gasteiger partial charge is 0.495 e. The van der Waals surface area contributed by atoms with Crippen molar-refractivity contribution in [3.05, 3.63) is 87.4 Å². The lowest BCUT2D eigenvalue weighted by atomic mass is 10.1. The van der Waals surface area contributed by atoms with Crippen molar-refractivity contribution in [2.45, 2.75) is 63.1 Å². The zero-order valence-electron chi connectivity index (χ0n) is 23.8. The van der Waals surface area contributed by atoms with Gasteiger partial charge in [0.25, 0.3) is 10.0 Å². The van der Waals surface area contributed by atoms with Crippen molar-refractivity contribution in [1.82, 2.24) is 10.2 Å². The molecule has 0 aliphatic heterocycles. The number of benzene rings is 3. The van der Waals surface area contributed by atoms with Crippen molar-refractivity contribution in [2.24, 2.45) is 0 Å². The first-order chi connectivity index (χ1) is 20.0. The molecule has 0 spiro atoms. The van der Waals surface area contributed by atoms with Crippen LogP contribution in [0.5, 0.6) is 5.75 Å². The molecule has 4 rings (SSSR count). The number of hydrogen-bond donors (Lipinski definition) is 1. The highest BCUT2D eigenvalue weighted by atomic mass is 79.9. The zero-order valence-corrected chi connectivity index (χ0v) is 27.0. The molecule has 0 bridgehead atoms. The van der Waals surface area contributed by atoms with Gasteiger partial charge in [0.2, 0.25) is 11.8 Å². The second-order valence-corrected chi connectivity index (χ2v) is 13.7. The lowest BCUT2D eigenvalue weighted by molar-refractivity contribution is -0.139. The Hall–Kier alpha value is -3.08. The molecule has 224 valence electrons. The van der Waals surface area contributed by atoms with Gasteiger partial charge in [0.1, 0.15) is 18.3 Å². The normalized spacial score (nSPS) is 14.3. The molecule has 1 atom stereocenters. The number of sulfonamides is 1. The van der Waals surface area contributed by atoms with Crippen molar-refractivity contribution in [2.75, 3.05) is 18.0 Å². The average Bonchev–Trinajstić information content (AvgIpc) is 3.47. The van der Waals surface area contributed by atoms with Crippen LogP contribution in [0.4, 0.5) is 5.69 Å². The minimum absolute atomic E-state index is 0.00786. The first-order valence-electron chi connectivity index (χ1n) is 13.8. The van der Waals surface area contributed by atoms with Crippen LogP contribution in [0, 0.1) is 6.92 Å². The van der Waals surface area contributed by atoms with Crippen LogP contribution in [0.1, 0.15) is 43.7 Å². The van der Waals surface area contributed by atoms with E-state index < -0.39 is 28.5 Å². The zero-order chi connectivity index (χ0) is 30.4. The van der Waals surface area contributed by atoms with Gasteiger partial charge < -0.3 is 15.0 Å². The summed E-state index contributed by atoms with van der Waals surface area (Å²) in [6.07, 6.45) is 3.89. The van der Waals surface area contributed by atoms with Crippen LogP contribution in [-0.2, 0) is 26.2 Å². The van der Waals surface area contributed by atoms with Crippen molar-refractivity contribution >= 4 is 55.1 Å². The van der Waals surface area contributed by atoms with Gasteiger partial charge in [-0.05, 0) is 74.7 Å². The monoisotopic (exact) mass is 675 g/mol. The number of carbonyl (C=O) groups is 2. The Labute approximate surface area is 261 Å². The number of nitrogens with one attached hydrogen (secondary N) is 1. The van der Waals surface area contributed by atoms with Gasteiger partial charge in [0.05, 0.1) is 17.7 Å². The van der Waals surface area contributed by atoms with Crippen molar-refractivity contribution in [3.8, 4) is 5.75 Å². The van der Waals surface area contributed by atoms with Crippen LogP contribution in [-0.4, -0.2) is 50.9 Å². The number of carbonyl (C=O) groups excluding carboxylic acids is 2. The van der Waals surface area contributed by atoms with E-state index in [1.54, 1.807) is 31.2 Å². The van der Waals surface area contributed by atoms with Crippen molar-refractivity contribution in [1.29, 1.82) is 0 Å². The average molecular weight is 677 g/mol. The van der Waals surface area contributed by atoms with E-state index in [1.807, 2.05) is 31.2 Å². The third-order valence-corrected chi connectivity index (χ3v) is 9.91. The first kappa shape index (κ1) is 31.8. The summed E-state index contributed by atoms with van der Waals surface area (Å²) in [6, 6.07) is 17.6. The minimum Gasteiger partial charge on any atom is -0.495 e. The number of nitrogens with zero attached hydrogens (tertiary/aromatic N) is 2. The Bertz CT molecular complexity index is 1530. The molecule has 1 N–H and O–H groups in total. The number of methoxy groups -OCH3 is 1. The molecule has 1 aliphatic carbocycles. The molecule has 0 aromatic heterocycles.